The Hall–Kier alpha value is -0.670. The Bertz CT molecular complexity index is 786. The van der Waals surface area contributed by atoms with Crippen molar-refractivity contribution in [3.63, 3.8) is 0 Å². The van der Waals surface area contributed by atoms with Gasteiger partial charge in [-0.25, -0.2) is 0 Å². The lowest BCUT2D eigenvalue weighted by molar-refractivity contribution is -0.142. The van der Waals surface area contributed by atoms with Gasteiger partial charge in [-0.3, -0.25) is 4.79 Å². The fourth-order valence-corrected chi connectivity index (χ4v) is 9.89. The van der Waals surface area contributed by atoms with Crippen LogP contribution in [0.1, 0.15) is 73.1 Å². The molecule has 0 aromatic heterocycles. The zero-order valence-corrected chi connectivity index (χ0v) is 19.6. The van der Waals surface area contributed by atoms with E-state index in [9.17, 15) is 9.90 Å². The van der Waals surface area contributed by atoms with Gasteiger partial charge in [0.15, 0.2) is 5.78 Å². The maximum atomic E-state index is 12.7. The highest BCUT2D eigenvalue weighted by Gasteiger charge is 2.82. The number of allylic oxidation sites excluding steroid dienone is 2. The van der Waals surface area contributed by atoms with E-state index in [2.05, 4.69) is 59.7 Å². The van der Waals surface area contributed by atoms with Crippen LogP contribution in [0, 0.1) is 44.8 Å². The molecule has 3 heteroatoms. The van der Waals surface area contributed by atoms with Crippen LogP contribution in [0.25, 0.3) is 0 Å². The quantitative estimate of drug-likeness (QED) is 0.732. The van der Waals surface area contributed by atoms with E-state index in [1.54, 1.807) is 0 Å². The maximum absolute atomic E-state index is 12.7. The van der Waals surface area contributed by atoms with Gasteiger partial charge < -0.3 is 10.0 Å². The molecule has 0 radical (unpaired) electrons. The summed E-state index contributed by atoms with van der Waals surface area (Å²) >= 11 is 0. The van der Waals surface area contributed by atoms with E-state index in [1.165, 1.54) is 32.1 Å². The molecule has 5 aliphatic carbocycles. The lowest BCUT2D eigenvalue weighted by Gasteiger charge is -2.62. The highest BCUT2D eigenvalue weighted by atomic mass is 16.3. The SMILES string of the molecule is C[C@@H](C1[C@@H](O)C[C@@]2(C)[C@@H]3CC[C@H]4C(C)(C)C(=O)C=C[C@@]45CC35CC[C@]12C)N(C)C. The van der Waals surface area contributed by atoms with Crippen LogP contribution in [0.5, 0.6) is 0 Å². The minimum Gasteiger partial charge on any atom is -0.393 e. The molecule has 2 unspecified atom stereocenters. The average molecular weight is 400 g/mol. The average Bonchev–Trinajstić information content (AvgIpc) is 3.24. The zero-order chi connectivity index (χ0) is 21.2. The van der Waals surface area contributed by atoms with Crippen LogP contribution in [0.15, 0.2) is 12.2 Å². The van der Waals surface area contributed by atoms with Crippen molar-refractivity contribution in [3.8, 4) is 0 Å². The number of carbonyl (C=O) groups is 1. The largest absolute Gasteiger partial charge is 0.393 e. The molecule has 0 amide bonds. The van der Waals surface area contributed by atoms with Gasteiger partial charge in [0.25, 0.3) is 0 Å². The van der Waals surface area contributed by atoms with Crippen molar-refractivity contribution >= 4 is 5.78 Å². The summed E-state index contributed by atoms with van der Waals surface area (Å²) in [5, 5.41) is 11.3. The second kappa shape index (κ2) is 5.57. The number of rotatable bonds is 2. The summed E-state index contributed by atoms with van der Waals surface area (Å²) in [5.41, 5.74) is 0.768. The van der Waals surface area contributed by atoms with Crippen molar-refractivity contribution in [2.75, 3.05) is 14.1 Å². The Labute approximate surface area is 177 Å². The standard InChI is InChI=1S/C26H41NO2/c1-16(27(6)7)21-17(28)14-24(5)19-9-8-18-22(2,3)20(29)10-11-25(18)15-26(19,25)13-12-23(21,24)4/h10-11,16-19,21,28H,8-9,12-15H2,1-7H3/t16-,17-,18-,19-,21?,23+,24-,25+,26?/m0/s1. The third-order valence-electron chi connectivity index (χ3n) is 11.8. The van der Waals surface area contributed by atoms with Crippen molar-refractivity contribution < 1.29 is 9.90 Å². The number of ketones is 1. The Morgan fingerprint density at radius 2 is 1.72 bits per heavy atom. The minimum atomic E-state index is -0.220. The first-order valence-electron chi connectivity index (χ1n) is 12.0. The predicted octanol–water partition coefficient (Wildman–Crippen LogP) is 4.69. The first-order chi connectivity index (χ1) is 13.4. The number of aliphatic hydroxyl groups excluding tert-OH is 1. The number of aliphatic hydroxyl groups is 1. The van der Waals surface area contributed by atoms with E-state index in [1.807, 2.05) is 6.08 Å². The molecule has 0 aliphatic heterocycles. The van der Waals surface area contributed by atoms with Crippen molar-refractivity contribution in [3.05, 3.63) is 12.2 Å². The summed E-state index contributed by atoms with van der Waals surface area (Å²) in [6.07, 6.45) is 11.2. The number of fused-ring (bicyclic) bond motifs is 2. The molecule has 162 valence electrons. The molecule has 3 nitrogen and oxygen atoms in total. The zero-order valence-electron chi connectivity index (χ0n) is 19.6. The minimum absolute atomic E-state index is 0.187. The van der Waals surface area contributed by atoms with E-state index in [-0.39, 0.29) is 27.8 Å². The molecule has 4 saturated carbocycles. The van der Waals surface area contributed by atoms with E-state index >= 15 is 0 Å². The second-order valence-corrected chi connectivity index (χ2v) is 12.8. The van der Waals surface area contributed by atoms with Crippen LogP contribution in [0.2, 0.25) is 0 Å². The van der Waals surface area contributed by atoms with Gasteiger partial charge in [-0.05, 0) is 99.1 Å². The van der Waals surface area contributed by atoms with Gasteiger partial charge in [0.05, 0.1) is 6.10 Å². The monoisotopic (exact) mass is 399 g/mol. The molecule has 0 aromatic carbocycles. The second-order valence-electron chi connectivity index (χ2n) is 12.8. The first kappa shape index (κ1) is 20.2. The number of nitrogens with zero attached hydrogens (tertiary/aromatic N) is 1. The van der Waals surface area contributed by atoms with Crippen LogP contribution in [-0.4, -0.2) is 42.0 Å². The van der Waals surface area contributed by atoms with Gasteiger partial charge in [-0.15, -0.1) is 0 Å². The lowest BCUT2D eigenvalue weighted by atomic mass is 9.42. The predicted molar refractivity (Wildman–Crippen MR) is 116 cm³/mol. The maximum Gasteiger partial charge on any atom is 0.161 e. The van der Waals surface area contributed by atoms with Gasteiger partial charge in [-0.1, -0.05) is 33.8 Å². The van der Waals surface area contributed by atoms with Crippen molar-refractivity contribution in [2.24, 2.45) is 44.8 Å². The molecular weight excluding hydrogens is 358 g/mol. The van der Waals surface area contributed by atoms with E-state index < -0.39 is 0 Å². The smallest absolute Gasteiger partial charge is 0.161 e. The first-order valence-corrected chi connectivity index (χ1v) is 12.0. The summed E-state index contributed by atoms with van der Waals surface area (Å²) in [7, 11) is 4.32. The number of carbonyl (C=O) groups excluding carboxylic acids is 1. The molecule has 29 heavy (non-hydrogen) atoms. The Morgan fingerprint density at radius 1 is 1.07 bits per heavy atom. The Morgan fingerprint density at radius 3 is 2.38 bits per heavy atom. The molecule has 0 heterocycles. The van der Waals surface area contributed by atoms with Gasteiger partial charge >= 0.3 is 0 Å². The summed E-state index contributed by atoms with van der Waals surface area (Å²) in [6.45, 7) is 11.7. The third-order valence-corrected chi connectivity index (χ3v) is 11.8. The highest BCUT2D eigenvalue weighted by Crippen LogP contribution is 2.87. The van der Waals surface area contributed by atoms with Crippen LogP contribution >= 0.6 is 0 Å². The third kappa shape index (κ3) is 2.06. The molecule has 0 saturated heterocycles. The summed E-state index contributed by atoms with van der Waals surface area (Å²) < 4.78 is 0. The molecule has 9 atom stereocenters. The number of hydrogen-bond donors (Lipinski definition) is 1. The fourth-order valence-electron chi connectivity index (χ4n) is 9.89. The van der Waals surface area contributed by atoms with E-state index in [4.69, 9.17) is 0 Å². The van der Waals surface area contributed by atoms with E-state index in [0.717, 1.165) is 6.42 Å². The number of hydrogen-bond acceptors (Lipinski definition) is 3. The fraction of sp³-hybridized carbons (Fsp3) is 0.885. The van der Waals surface area contributed by atoms with Crippen molar-refractivity contribution in [2.45, 2.75) is 85.3 Å². The normalized spacial score (nSPS) is 55.7. The molecule has 0 aromatic rings. The van der Waals surface area contributed by atoms with Gasteiger partial charge in [0.2, 0.25) is 0 Å². The van der Waals surface area contributed by atoms with Crippen LogP contribution in [-0.2, 0) is 4.79 Å². The van der Waals surface area contributed by atoms with Crippen LogP contribution in [0.3, 0.4) is 0 Å². The topological polar surface area (TPSA) is 40.5 Å². The van der Waals surface area contributed by atoms with Crippen LogP contribution < -0.4 is 0 Å². The highest BCUT2D eigenvalue weighted by molar-refractivity contribution is 5.96. The van der Waals surface area contributed by atoms with Gasteiger partial charge in [0.1, 0.15) is 0 Å². The molecule has 5 rings (SSSR count). The summed E-state index contributed by atoms with van der Waals surface area (Å²) in [5.74, 6) is 1.84. The Kier molecular flexibility index (Phi) is 3.89. The van der Waals surface area contributed by atoms with Gasteiger partial charge in [0, 0.05) is 17.4 Å². The Balaban J connectivity index is 1.56. The van der Waals surface area contributed by atoms with Crippen molar-refractivity contribution in [1.82, 2.24) is 4.90 Å². The van der Waals surface area contributed by atoms with Crippen LogP contribution in [0.4, 0.5) is 0 Å². The van der Waals surface area contributed by atoms with E-state index in [0.29, 0.717) is 35.0 Å². The molecule has 0 bridgehead atoms. The lowest BCUT2D eigenvalue weighted by Crippen LogP contribution is -2.57. The summed E-state index contributed by atoms with van der Waals surface area (Å²) in [4.78, 5) is 15.0. The van der Waals surface area contributed by atoms with Gasteiger partial charge in [-0.2, -0.15) is 0 Å². The van der Waals surface area contributed by atoms with Crippen molar-refractivity contribution in [1.29, 1.82) is 0 Å². The molecule has 1 N–H and O–H groups in total. The molecule has 5 aliphatic rings. The summed E-state index contributed by atoms with van der Waals surface area (Å²) in [6, 6.07) is 0.390. The molecule has 4 fully saturated rings. The molecule has 2 spiro atoms. The molecular formula is C26H41NO2.